The molecule has 2 fully saturated rings. The largest absolute Gasteiger partial charge is 0.316 e. The Morgan fingerprint density at radius 3 is 2.53 bits per heavy atom. The first-order valence-corrected chi connectivity index (χ1v) is 5.06. The molecule has 1 aliphatic carbocycles. The van der Waals surface area contributed by atoms with Gasteiger partial charge in [0, 0.05) is 12.4 Å². The fraction of sp³-hybridized carbons (Fsp3) is 0.545. The lowest BCUT2D eigenvalue weighted by Gasteiger charge is -2.40. The molecule has 2 nitrogen and oxygen atoms in total. The number of halogens is 2. The van der Waals surface area contributed by atoms with Crippen LogP contribution in [0.2, 0.25) is 0 Å². The van der Waals surface area contributed by atoms with Gasteiger partial charge < -0.3 is 5.32 Å². The first-order chi connectivity index (χ1) is 6.45. The van der Waals surface area contributed by atoms with Gasteiger partial charge in [-0.1, -0.05) is 0 Å². The first-order valence-electron chi connectivity index (χ1n) is 5.06. The van der Waals surface area contributed by atoms with Crippen molar-refractivity contribution in [3.05, 3.63) is 30.1 Å². The third-order valence-electron chi connectivity index (χ3n) is 3.60. The van der Waals surface area contributed by atoms with E-state index in [1.807, 2.05) is 12.4 Å². The molecular weight excluding hydrogens is 231 g/mol. The van der Waals surface area contributed by atoms with E-state index in [0.29, 0.717) is 0 Å². The highest BCUT2D eigenvalue weighted by Gasteiger charge is 2.44. The standard InChI is InChI=1S/C11H14N2.2ClH/c1-3-12-4-2-8(1)10-5-9-6-13-7-11(9)10;;/h1-4,9-11,13H,5-7H2;2*1H. The Morgan fingerprint density at radius 2 is 1.87 bits per heavy atom. The average molecular weight is 247 g/mol. The van der Waals surface area contributed by atoms with E-state index in [2.05, 4.69) is 22.4 Å². The van der Waals surface area contributed by atoms with Crippen LogP contribution in [-0.2, 0) is 0 Å². The highest BCUT2D eigenvalue weighted by molar-refractivity contribution is 5.85. The summed E-state index contributed by atoms with van der Waals surface area (Å²) in [6.45, 7) is 2.46. The van der Waals surface area contributed by atoms with Gasteiger partial charge in [0.15, 0.2) is 0 Å². The van der Waals surface area contributed by atoms with Crippen LogP contribution < -0.4 is 5.32 Å². The third-order valence-corrected chi connectivity index (χ3v) is 3.60. The van der Waals surface area contributed by atoms with E-state index in [1.54, 1.807) is 0 Å². The Labute approximate surface area is 103 Å². The molecule has 15 heavy (non-hydrogen) atoms. The van der Waals surface area contributed by atoms with Crippen molar-refractivity contribution in [2.75, 3.05) is 13.1 Å². The minimum atomic E-state index is 0. The molecule has 0 aromatic carbocycles. The number of pyridine rings is 1. The van der Waals surface area contributed by atoms with Crippen LogP contribution >= 0.6 is 24.8 Å². The smallest absolute Gasteiger partial charge is 0.0270 e. The van der Waals surface area contributed by atoms with E-state index in [9.17, 15) is 0 Å². The zero-order chi connectivity index (χ0) is 8.67. The molecule has 0 amide bonds. The molecule has 1 N–H and O–H groups in total. The molecule has 1 saturated heterocycles. The molecule has 84 valence electrons. The molecule has 2 heterocycles. The molecule has 1 aromatic rings. The van der Waals surface area contributed by atoms with Crippen molar-refractivity contribution in [3.63, 3.8) is 0 Å². The molecule has 1 saturated carbocycles. The van der Waals surface area contributed by atoms with Gasteiger partial charge >= 0.3 is 0 Å². The maximum absolute atomic E-state index is 4.06. The second kappa shape index (κ2) is 5.15. The Bertz CT molecular complexity index is 305. The lowest BCUT2D eigenvalue weighted by Crippen LogP contribution is -2.33. The zero-order valence-electron chi connectivity index (χ0n) is 8.43. The normalized spacial score (nSPS) is 31.9. The molecule has 1 aromatic heterocycles. The summed E-state index contributed by atoms with van der Waals surface area (Å²) in [5, 5.41) is 3.47. The first kappa shape index (κ1) is 12.8. The summed E-state index contributed by atoms with van der Waals surface area (Å²) in [6.07, 6.45) is 5.19. The molecule has 0 bridgehead atoms. The van der Waals surface area contributed by atoms with E-state index in [-0.39, 0.29) is 24.8 Å². The van der Waals surface area contributed by atoms with Crippen molar-refractivity contribution in [1.29, 1.82) is 0 Å². The fourth-order valence-corrected chi connectivity index (χ4v) is 2.78. The van der Waals surface area contributed by atoms with Gasteiger partial charge in [-0.2, -0.15) is 0 Å². The molecule has 3 atom stereocenters. The number of nitrogens with zero attached hydrogens (tertiary/aromatic N) is 1. The van der Waals surface area contributed by atoms with Crippen molar-refractivity contribution in [3.8, 4) is 0 Å². The Hall–Kier alpha value is -0.310. The minimum Gasteiger partial charge on any atom is -0.316 e. The molecule has 2 aliphatic rings. The van der Waals surface area contributed by atoms with E-state index in [1.165, 1.54) is 25.1 Å². The van der Waals surface area contributed by atoms with Crippen LogP contribution in [0, 0.1) is 11.8 Å². The summed E-state index contributed by atoms with van der Waals surface area (Å²) in [4.78, 5) is 4.06. The van der Waals surface area contributed by atoms with E-state index in [4.69, 9.17) is 0 Å². The highest BCUT2D eigenvalue weighted by atomic mass is 35.5. The topological polar surface area (TPSA) is 24.9 Å². The number of hydrogen-bond acceptors (Lipinski definition) is 2. The maximum Gasteiger partial charge on any atom is 0.0270 e. The zero-order valence-corrected chi connectivity index (χ0v) is 10.1. The van der Waals surface area contributed by atoms with E-state index >= 15 is 0 Å². The minimum absolute atomic E-state index is 0. The van der Waals surface area contributed by atoms with Gasteiger partial charge in [-0.3, -0.25) is 4.98 Å². The van der Waals surface area contributed by atoms with E-state index < -0.39 is 0 Å². The SMILES string of the molecule is Cl.Cl.c1cc(C2CC3CNCC32)ccn1. The summed E-state index contributed by atoms with van der Waals surface area (Å²) in [6, 6.07) is 4.33. The Balaban J connectivity index is 0.000000562. The van der Waals surface area contributed by atoms with Gasteiger partial charge in [0.25, 0.3) is 0 Å². The molecular formula is C11H16Cl2N2. The third kappa shape index (κ3) is 2.12. The average Bonchev–Trinajstić information content (AvgIpc) is 2.50. The van der Waals surface area contributed by atoms with Gasteiger partial charge in [0.05, 0.1) is 0 Å². The lowest BCUT2D eigenvalue weighted by atomic mass is 9.64. The second-order valence-corrected chi connectivity index (χ2v) is 4.20. The van der Waals surface area contributed by atoms with Crippen molar-refractivity contribution in [2.24, 2.45) is 11.8 Å². The summed E-state index contributed by atoms with van der Waals surface area (Å²) in [7, 11) is 0. The lowest BCUT2D eigenvalue weighted by molar-refractivity contribution is 0.191. The van der Waals surface area contributed by atoms with Gasteiger partial charge in [-0.25, -0.2) is 0 Å². The molecule has 0 radical (unpaired) electrons. The van der Waals surface area contributed by atoms with Crippen LogP contribution in [0.25, 0.3) is 0 Å². The predicted molar refractivity (Wildman–Crippen MR) is 65.9 cm³/mol. The quantitative estimate of drug-likeness (QED) is 0.823. The molecule has 4 heteroatoms. The maximum atomic E-state index is 4.06. The van der Waals surface area contributed by atoms with Crippen LogP contribution in [0.3, 0.4) is 0 Å². The summed E-state index contributed by atoms with van der Waals surface area (Å²) < 4.78 is 0. The molecule has 3 rings (SSSR count). The van der Waals surface area contributed by atoms with Crippen molar-refractivity contribution in [1.82, 2.24) is 10.3 Å². The summed E-state index contributed by atoms with van der Waals surface area (Å²) in [5.74, 6) is 2.67. The number of nitrogens with one attached hydrogen (secondary N) is 1. The number of aromatic nitrogens is 1. The molecule has 1 aliphatic heterocycles. The Kier molecular flexibility index (Phi) is 4.38. The van der Waals surface area contributed by atoms with Crippen LogP contribution in [0.5, 0.6) is 0 Å². The molecule has 0 spiro atoms. The summed E-state index contributed by atoms with van der Waals surface area (Å²) >= 11 is 0. The van der Waals surface area contributed by atoms with Gasteiger partial charge in [-0.15, -0.1) is 24.8 Å². The highest BCUT2D eigenvalue weighted by Crippen LogP contribution is 2.48. The van der Waals surface area contributed by atoms with Gasteiger partial charge in [0.2, 0.25) is 0 Å². The summed E-state index contributed by atoms with van der Waals surface area (Å²) in [5.41, 5.74) is 1.49. The number of fused-ring (bicyclic) bond motifs is 1. The fourth-order valence-electron chi connectivity index (χ4n) is 2.78. The van der Waals surface area contributed by atoms with Gasteiger partial charge in [-0.05, 0) is 55.0 Å². The van der Waals surface area contributed by atoms with Crippen molar-refractivity contribution in [2.45, 2.75) is 12.3 Å². The number of rotatable bonds is 1. The van der Waals surface area contributed by atoms with Crippen molar-refractivity contribution >= 4 is 24.8 Å². The van der Waals surface area contributed by atoms with Crippen LogP contribution in [-0.4, -0.2) is 18.1 Å². The van der Waals surface area contributed by atoms with Crippen LogP contribution in [0.15, 0.2) is 24.5 Å². The Morgan fingerprint density at radius 1 is 1.13 bits per heavy atom. The molecule has 3 unspecified atom stereocenters. The van der Waals surface area contributed by atoms with E-state index in [0.717, 1.165) is 17.8 Å². The number of hydrogen-bond donors (Lipinski definition) is 1. The second-order valence-electron chi connectivity index (χ2n) is 4.20. The van der Waals surface area contributed by atoms with Crippen LogP contribution in [0.1, 0.15) is 17.9 Å². The predicted octanol–water partition coefficient (Wildman–Crippen LogP) is 2.25. The monoisotopic (exact) mass is 246 g/mol. The van der Waals surface area contributed by atoms with Crippen LogP contribution in [0.4, 0.5) is 0 Å². The van der Waals surface area contributed by atoms with Gasteiger partial charge in [0.1, 0.15) is 0 Å². The van der Waals surface area contributed by atoms with Crippen molar-refractivity contribution < 1.29 is 0 Å².